The van der Waals surface area contributed by atoms with Gasteiger partial charge >= 0.3 is 0 Å². The molecule has 64 valence electrons. The minimum atomic E-state index is -0.675. The molecule has 0 aromatic heterocycles. The standard InChI is InChI=1S/C8H5BrClFO/c9-5(4-12)8-6(10)2-1-3-7(8)11/h1-5H/t5-/m1/s1. The maximum absolute atomic E-state index is 13.0. The maximum atomic E-state index is 13.0. The number of hydrogen-bond donors (Lipinski definition) is 0. The maximum Gasteiger partial charge on any atom is 0.138 e. The molecule has 0 saturated carbocycles. The van der Waals surface area contributed by atoms with Gasteiger partial charge in [0.1, 0.15) is 12.1 Å². The molecule has 0 radical (unpaired) electrons. The van der Waals surface area contributed by atoms with Gasteiger partial charge in [-0.15, -0.1) is 0 Å². The third kappa shape index (κ3) is 1.84. The van der Waals surface area contributed by atoms with E-state index in [9.17, 15) is 9.18 Å². The molecular weight excluding hydrogens is 246 g/mol. The van der Waals surface area contributed by atoms with Crippen molar-refractivity contribution < 1.29 is 9.18 Å². The summed E-state index contributed by atoms with van der Waals surface area (Å²) >= 11 is 8.67. The molecule has 1 atom stereocenters. The molecule has 0 heterocycles. The molecule has 0 bridgehead atoms. The third-order valence-electron chi connectivity index (χ3n) is 1.39. The Hall–Kier alpha value is -0.410. The van der Waals surface area contributed by atoms with Gasteiger partial charge in [-0.25, -0.2) is 4.39 Å². The van der Waals surface area contributed by atoms with Crippen LogP contribution in [-0.4, -0.2) is 6.29 Å². The van der Waals surface area contributed by atoms with Crippen molar-refractivity contribution in [3.63, 3.8) is 0 Å². The van der Waals surface area contributed by atoms with Gasteiger partial charge in [0.2, 0.25) is 0 Å². The summed E-state index contributed by atoms with van der Waals surface area (Å²) in [4.78, 5) is 9.66. The molecule has 0 amide bonds. The SMILES string of the molecule is O=C[C@@H](Br)c1c(F)cccc1Cl. The predicted octanol–water partition coefficient (Wildman–Crippen LogP) is 3.11. The van der Waals surface area contributed by atoms with Gasteiger partial charge < -0.3 is 4.79 Å². The van der Waals surface area contributed by atoms with Gasteiger partial charge in [0.15, 0.2) is 0 Å². The smallest absolute Gasteiger partial charge is 0.138 e. The summed E-state index contributed by atoms with van der Waals surface area (Å²) in [6, 6.07) is 4.29. The topological polar surface area (TPSA) is 17.1 Å². The fourth-order valence-electron chi connectivity index (χ4n) is 0.842. The zero-order valence-corrected chi connectivity index (χ0v) is 8.27. The van der Waals surface area contributed by atoms with Crippen molar-refractivity contribution in [2.45, 2.75) is 4.83 Å². The number of hydrogen-bond acceptors (Lipinski definition) is 1. The van der Waals surface area contributed by atoms with Crippen LogP contribution in [0.1, 0.15) is 10.4 Å². The van der Waals surface area contributed by atoms with Crippen LogP contribution in [0.3, 0.4) is 0 Å². The number of halogens is 3. The van der Waals surface area contributed by atoms with Crippen molar-refractivity contribution in [1.29, 1.82) is 0 Å². The van der Waals surface area contributed by atoms with Crippen molar-refractivity contribution in [3.8, 4) is 0 Å². The molecule has 1 rings (SSSR count). The third-order valence-corrected chi connectivity index (χ3v) is 2.40. The Bertz CT molecular complexity index is 283. The lowest BCUT2D eigenvalue weighted by Crippen LogP contribution is -1.96. The number of alkyl halides is 1. The largest absolute Gasteiger partial charge is 0.302 e. The van der Waals surface area contributed by atoms with Gasteiger partial charge in [-0.05, 0) is 12.1 Å². The van der Waals surface area contributed by atoms with E-state index in [1.165, 1.54) is 18.2 Å². The highest BCUT2D eigenvalue weighted by molar-refractivity contribution is 9.09. The predicted molar refractivity (Wildman–Crippen MR) is 49.1 cm³/mol. The van der Waals surface area contributed by atoms with Crippen molar-refractivity contribution in [2.24, 2.45) is 0 Å². The molecule has 0 spiro atoms. The zero-order valence-electron chi connectivity index (χ0n) is 5.93. The summed E-state index contributed by atoms with van der Waals surface area (Å²) in [5.41, 5.74) is 0.189. The Labute approximate surface area is 82.7 Å². The van der Waals surface area contributed by atoms with Crippen LogP contribution in [0.5, 0.6) is 0 Å². The second kappa shape index (κ2) is 4.01. The van der Waals surface area contributed by atoms with Gasteiger partial charge in [-0.2, -0.15) is 0 Å². The van der Waals surface area contributed by atoms with Crippen LogP contribution in [0.2, 0.25) is 5.02 Å². The molecule has 0 aliphatic heterocycles. The molecule has 1 nitrogen and oxygen atoms in total. The normalized spacial score (nSPS) is 12.6. The van der Waals surface area contributed by atoms with Crippen molar-refractivity contribution >= 4 is 33.8 Å². The Morgan fingerprint density at radius 2 is 2.25 bits per heavy atom. The Morgan fingerprint density at radius 3 is 2.75 bits per heavy atom. The molecule has 0 aliphatic rings. The molecule has 0 saturated heterocycles. The second-order valence-corrected chi connectivity index (χ2v) is 3.57. The zero-order chi connectivity index (χ0) is 9.14. The highest BCUT2D eigenvalue weighted by Gasteiger charge is 2.14. The van der Waals surface area contributed by atoms with Crippen LogP contribution in [0.25, 0.3) is 0 Å². The van der Waals surface area contributed by atoms with E-state index in [0.717, 1.165) is 0 Å². The van der Waals surface area contributed by atoms with Gasteiger partial charge in [-0.3, -0.25) is 0 Å². The van der Waals surface area contributed by atoms with E-state index >= 15 is 0 Å². The van der Waals surface area contributed by atoms with Crippen LogP contribution < -0.4 is 0 Å². The monoisotopic (exact) mass is 250 g/mol. The fourth-order valence-corrected chi connectivity index (χ4v) is 1.72. The van der Waals surface area contributed by atoms with E-state index in [0.29, 0.717) is 6.29 Å². The number of benzene rings is 1. The molecule has 12 heavy (non-hydrogen) atoms. The van der Waals surface area contributed by atoms with E-state index in [2.05, 4.69) is 15.9 Å². The van der Waals surface area contributed by atoms with Gasteiger partial charge in [-0.1, -0.05) is 33.6 Å². The Balaban J connectivity index is 3.20. The summed E-state index contributed by atoms with van der Waals surface area (Å²) < 4.78 is 13.0. The van der Waals surface area contributed by atoms with Crippen LogP contribution in [0, 0.1) is 5.82 Å². The summed E-state index contributed by atoms with van der Waals surface area (Å²) in [6.07, 6.45) is 0.588. The van der Waals surface area contributed by atoms with Crippen LogP contribution in [-0.2, 0) is 4.79 Å². The average molecular weight is 251 g/mol. The minimum absolute atomic E-state index is 0.189. The lowest BCUT2D eigenvalue weighted by atomic mass is 10.1. The Morgan fingerprint density at radius 1 is 1.58 bits per heavy atom. The molecule has 1 aromatic rings. The molecule has 0 N–H and O–H groups in total. The summed E-state index contributed by atoms with van der Waals surface area (Å²) in [5, 5.41) is 0.254. The molecule has 1 aromatic carbocycles. The fraction of sp³-hybridized carbons (Fsp3) is 0.125. The summed E-state index contributed by atoms with van der Waals surface area (Å²) in [6.45, 7) is 0. The minimum Gasteiger partial charge on any atom is -0.302 e. The van der Waals surface area contributed by atoms with Crippen LogP contribution in [0.4, 0.5) is 4.39 Å². The van der Waals surface area contributed by atoms with E-state index in [-0.39, 0.29) is 10.6 Å². The summed E-state index contributed by atoms with van der Waals surface area (Å²) in [7, 11) is 0. The second-order valence-electron chi connectivity index (χ2n) is 2.17. The van der Waals surface area contributed by atoms with E-state index in [1.54, 1.807) is 0 Å². The van der Waals surface area contributed by atoms with Crippen molar-refractivity contribution in [3.05, 3.63) is 34.6 Å². The first kappa shape index (κ1) is 9.68. The number of aldehydes is 1. The Kier molecular flexibility index (Phi) is 3.23. The summed E-state index contributed by atoms with van der Waals surface area (Å²) in [5.74, 6) is -0.475. The lowest BCUT2D eigenvalue weighted by molar-refractivity contribution is -0.107. The van der Waals surface area contributed by atoms with Crippen LogP contribution in [0.15, 0.2) is 18.2 Å². The van der Waals surface area contributed by atoms with Crippen molar-refractivity contribution in [2.75, 3.05) is 0 Å². The first-order chi connectivity index (χ1) is 5.66. The molecular formula is C8H5BrClFO. The van der Waals surface area contributed by atoms with E-state index < -0.39 is 10.6 Å². The van der Waals surface area contributed by atoms with E-state index in [4.69, 9.17) is 11.6 Å². The first-order valence-corrected chi connectivity index (χ1v) is 4.49. The number of carbonyl (C=O) groups is 1. The quantitative estimate of drug-likeness (QED) is 0.583. The van der Waals surface area contributed by atoms with Gasteiger partial charge in [0.05, 0.1) is 4.83 Å². The highest BCUT2D eigenvalue weighted by atomic mass is 79.9. The highest BCUT2D eigenvalue weighted by Crippen LogP contribution is 2.29. The average Bonchev–Trinajstić information content (AvgIpc) is 2.03. The first-order valence-electron chi connectivity index (χ1n) is 3.20. The number of carbonyl (C=O) groups excluding carboxylic acids is 1. The van der Waals surface area contributed by atoms with Crippen LogP contribution >= 0.6 is 27.5 Å². The molecule has 0 aliphatic carbocycles. The van der Waals surface area contributed by atoms with E-state index in [1.807, 2.05) is 0 Å². The van der Waals surface area contributed by atoms with Gasteiger partial charge in [0.25, 0.3) is 0 Å². The lowest BCUT2D eigenvalue weighted by Gasteiger charge is -2.05. The number of rotatable bonds is 2. The van der Waals surface area contributed by atoms with Crippen molar-refractivity contribution in [1.82, 2.24) is 0 Å². The molecule has 4 heteroatoms. The van der Waals surface area contributed by atoms with Gasteiger partial charge in [0, 0.05) is 10.6 Å². The molecule has 0 fully saturated rings. The molecule has 0 unspecified atom stereocenters.